The number of carbonyl (C=O) groups excluding carboxylic acids is 1. The molecule has 1 aromatic rings. The molecule has 0 aromatic carbocycles. The van der Waals surface area contributed by atoms with Gasteiger partial charge in [-0.25, -0.2) is 0 Å². The fourth-order valence-corrected chi connectivity index (χ4v) is 2.61. The number of aliphatic hydroxyl groups is 1. The predicted molar refractivity (Wildman–Crippen MR) is 65.6 cm³/mol. The van der Waals surface area contributed by atoms with Crippen molar-refractivity contribution in [3.8, 4) is 0 Å². The molecule has 1 aliphatic heterocycles. The lowest BCUT2D eigenvalue weighted by Crippen LogP contribution is -2.65. The highest BCUT2D eigenvalue weighted by molar-refractivity contribution is 5.94. The highest BCUT2D eigenvalue weighted by Crippen LogP contribution is 2.44. The molecule has 2 N–H and O–H groups in total. The molecule has 1 saturated carbocycles. The van der Waals surface area contributed by atoms with E-state index in [0.29, 0.717) is 6.07 Å². The second kappa shape index (κ2) is 4.33. The van der Waals surface area contributed by atoms with Crippen molar-refractivity contribution in [1.82, 2.24) is 9.88 Å². The molecule has 114 valence electrons. The maximum atomic E-state index is 12.4. The van der Waals surface area contributed by atoms with Crippen LogP contribution < -0.4 is 5.56 Å². The maximum absolute atomic E-state index is 12.4. The molecule has 0 atom stereocenters. The summed E-state index contributed by atoms with van der Waals surface area (Å²) in [6.07, 6.45) is -2.83. The van der Waals surface area contributed by atoms with Gasteiger partial charge in [0.1, 0.15) is 16.9 Å². The lowest BCUT2D eigenvalue weighted by atomic mass is 9.88. The Morgan fingerprint density at radius 3 is 2.43 bits per heavy atom. The number of halogens is 3. The van der Waals surface area contributed by atoms with Gasteiger partial charge in [0.2, 0.25) is 0 Å². The largest absolute Gasteiger partial charge is 0.431 e. The summed E-state index contributed by atoms with van der Waals surface area (Å²) in [5.74, 6) is -0.470. The van der Waals surface area contributed by atoms with E-state index in [0.717, 1.165) is 18.9 Å². The molecule has 0 bridgehead atoms. The van der Waals surface area contributed by atoms with Crippen molar-refractivity contribution in [3.63, 3.8) is 0 Å². The number of hydrogen-bond acceptors (Lipinski definition) is 3. The summed E-state index contributed by atoms with van der Waals surface area (Å²) in [5, 5.41) is 10.1. The highest BCUT2D eigenvalue weighted by atomic mass is 19.4. The fourth-order valence-electron chi connectivity index (χ4n) is 2.61. The zero-order valence-corrected chi connectivity index (χ0v) is 10.9. The van der Waals surface area contributed by atoms with E-state index >= 15 is 0 Å². The molecule has 2 aliphatic rings. The maximum Gasteiger partial charge on any atom is 0.431 e. The molecule has 0 radical (unpaired) electrons. The number of nitrogens with zero attached hydrogens (tertiary/aromatic N) is 1. The first-order valence-electron chi connectivity index (χ1n) is 6.53. The molecule has 1 aliphatic carbocycles. The van der Waals surface area contributed by atoms with Gasteiger partial charge in [-0.15, -0.1) is 0 Å². The van der Waals surface area contributed by atoms with E-state index in [2.05, 4.69) is 0 Å². The Kier molecular flexibility index (Phi) is 2.91. The van der Waals surface area contributed by atoms with Crippen LogP contribution in [-0.2, 0) is 6.18 Å². The summed E-state index contributed by atoms with van der Waals surface area (Å²) in [4.78, 5) is 26.6. The Labute approximate surface area is 117 Å². The number of H-pyrrole nitrogens is 1. The van der Waals surface area contributed by atoms with Crippen molar-refractivity contribution in [3.05, 3.63) is 33.7 Å². The van der Waals surface area contributed by atoms with Gasteiger partial charge in [-0.2, -0.15) is 13.2 Å². The molecule has 2 fully saturated rings. The molecule has 1 aromatic heterocycles. The molecule has 21 heavy (non-hydrogen) atoms. The third-order valence-electron chi connectivity index (χ3n) is 4.00. The van der Waals surface area contributed by atoms with Gasteiger partial charge in [0.25, 0.3) is 11.5 Å². The Bertz CT molecular complexity index is 643. The lowest BCUT2D eigenvalue weighted by molar-refractivity contribution is -0.141. The van der Waals surface area contributed by atoms with Crippen LogP contribution in [0.3, 0.4) is 0 Å². The zero-order valence-electron chi connectivity index (χ0n) is 10.9. The van der Waals surface area contributed by atoms with Crippen molar-refractivity contribution < 1.29 is 23.1 Å². The first-order chi connectivity index (χ1) is 9.71. The third kappa shape index (κ3) is 2.44. The molecule has 2 heterocycles. The van der Waals surface area contributed by atoms with Crippen molar-refractivity contribution >= 4 is 5.91 Å². The van der Waals surface area contributed by atoms with E-state index in [1.165, 1.54) is 4.90 Å². The molecule has 8 heteroatoms. The lowest BCUT2D eigenvalue weighted by Gasteiger charge is -2.46. The zero-order chi connectivity index (χ0) is 15.4. The van der Waals surface area contributed by atoms with Gasteiger partial charge in [-0.3, -0.25) is 9.59 Å². The number of alkyl halides is 3. The molecule has 0 unspecified atom stereocenters. The minimum atomic E-state index is -4.66. The smallest absolute Gasteiger partial charge is 0.386 e. The molecule has 1 amide bonds. The summed E-state index contributed by atoms with van der Waals surface area (Å²) < 4.78 is 37.3. The number of pyridine rings is 1. The average Bonchev–Trinajstić information content (AvgIpc) is 3.17. The van der Waals surface area contributed by atoms with Crippen LogP contribution in [0.25, 0.3) is 0 Å². The summed E-state index contributed by atoms with van der Waals surface area (Å²) in [6.45, 7) is 0.244. The first-order valence-corrected chi connectivity index (χ1v) is 6.53. The highest BCUT2D eigenvalue weighted by Gasteiger charge is 2.53. The number of carbonyl (C=O) groups is 1. The molecule has 3 rings (SSSR count). The Morgan fingerprint density at radius 2 is 1.95 bits per heavy atom. The van der Waals surface area contributed by atoms with Gasteiger partial charge in [-0.05, 0) is 30.9 Å². The topological polar surface area (TPSA) is 73.4 Å². The summed E-state index contributed by atoms with van der Waals surface area (Å²) in [6, 6.07) is 1.54. The van der Waals surface area contributed by atoms with Crippen LogP contribution in [0.15, 0.2) is 16.9 Å². The predicted octanol–water partition coefficient (Wildman–Crippen LogP) is 0.991. The van der Waals surface area contributed by atoms with Crippen LogP contribution in [0.5, 0.6) is 0 Å². The van der Waals surface area contributed by atoms with Gasteiger partial charge in [0.15, 0.2) is 0 Å². The van der Waals surface area contributed by atoms with Crippen LogP contribution in [0.4, 0.5) is 13.2 Å². The third-order valence-corrected chi connectivity index (χ3v) is 4.00. The van der Waals surface area contributed by atoms with Crippen LogP contribution >= 0.6 is 0 Å². The van der Waals surface area contributed by atoms with Crippen molar-refractivity contribution in [2.24, 2.45) is 5.92 Å². The number of likely N-dealkylation sites (tertiary alicyclic amines) is 1. The molecule has 0 spiro atoms. The van der Waals surface area contributed by atoms with Gasteiger partial charge >= 0.3 is 6.18 Å². The van der Waals surface area contributed by atoms with Crippen LogP contribution in [0.2, 0.25) is 0 Å². The second-order valence-corrected chi connectivity index (χ2v) is 5.65. The number of β-amino-alcohol motifs (C(OH)–C–C–N with tert-alkyl or cyclic N) is 1. The van der Waals surface area contributed by atoms with Crippen LogP contribution in [0, 0.1) is 5.92 Å². The van der Waals surface area contributed by atoms with E-state index in [-0.39, 0.29) is 24.6 Å². The van der Waals surface area contributed by atoms with E-state index in [9.17, 15) is 27.9 Å². The summed E-state index contributed by atoms with van der Waals surface area (Å²) in [5.41, 5.74) is -3.51. The minimum Gasteiger partial charge on any atom is -0.386 e. The van der Waals surface area contributed by atoms with Crippen LogP contribution in [0.1, 0.15) is 28.9 Å². The number of nitrogens with one attached hydrogen (secondary N) is 1. The second-order valence-electron chi connectivity index (χ2n) is 5.65. The number of aromatic amines is 1. The minimum absolute atomic E-state index is 0.122. The Balaban J connectivity index is 1.76. The standard InChI is InChI=1S/C13H13F3N2O3/c14-13(15,16)9-4-3-8(10(19)17-9)11(20)18-5-12(21,6-18)7-1-2-7/h3-4,7,21H,1-2,5-6H2,(H,17,19). The number of amides is 1. The average molecular weight is 302 g/mol. The van der Waals surface area contributed by atoms with Gasteiger partial charge in [0, 0.05) is 0 Å². The molecule has 5 nitrogen and oxygen atoms in total. The number of aromatic nitrogens is 1. The molecule has 1 saturated heterocycles. The van der Waals surface area contributed by atoms with Crippen molar-refractivity contribution in [2.45, 2.75) is 24.6 Å². The molecular weight excluding hydrogens is 289 g/mol. The van der Waals surface area contributed by atoms with E-state index < -0.39 is 28.9 Å². The van der Waals surface area contributed by atoms with Gasteiger partial charge in [-0.1, -0.05) is 0 Å². The first kappa shape index (κ1) is 14.1. The SMILES string of the molecule is O=C(c1ccc(C(F)(F)F)[nH]c1=O)N1CC(O)(C2CC2)C1. The normalized spacial score (nSPS) is 21.0. The monoisotopic (exact) mass is 302 g/mol. The van der Waals surface area contributed by atoms with Crippen molar-refractivity contribution in [1.29, 1.82) is 0 Å². The van der Waals surface area contributed by atoms with E-state index in [4.69, 9.17) is 0 Å². The Hall–Kier alpha value is -1.83. The summed E-state index contributed by atoms with van der Waals surface area (Å²) in [7, 11) is 0. The number of hydrogen-bond donors (Lipinski definition) is 2. The van der Waals surface area contributed by atoms with Crippen LogP contribution in [-0.4, -0.2) is 39.6 Å². The van der Waals surface area contributed by atoms with E-state index in [1.54, 1.807) is 4.98 Å². The molecular formula is C13H13F3N2O3. The van der Waals surface area contributed by atoms with Crippen molar-refractivity contribution in [2.75, 3.05) is 13.1 Å². The quantitative estimate of drug-likeness (QED) is 0.855. The summed E-state index contributed by atoms with van der Waals surface area (Å²) >= 11 is 0. The number of rotatable bonds is 2. The van der Waals surface area contributed by atoms with E-state index in [1.807, 2.05) is 0 Å². The van der Waals surface area contributed by atoms with Gasteiger partial charge < -0.3 is 15.0 Å². The fraction of sp³-hybridized carbons (Fsp3) is 0.538. The van der Waals surface area contributed by atoms with Gasteiger partial charge in [0.05, 0.1) is 13.1 Å². The Morgan fingerprint density at radius 1 is 1.33 bits per heavy atom.